The molecule has 3 aromatic heterocycles. The number of furan rings is 1. The first kappa shape index (κ1) is 17.0. The number of nitrogens with two attached hydrogens (primary N) is 1. The van der Waals surface area contributed by atoms with Gasteiger partial charge >= 0.3 is 0 Å². The Morgan fingerprint density at radius 1 is 1.23 bits per heavy atom. The van der Waals surface area contributed by atoms with E-state index in [0.717, 1.165) is 0 Å². The van der Waals surface area contributed by atoms with Crippen molar-refractivity contribution in [3.8, 4) is 5.82 Å². The molecule has 0 spiro atoms. The molecular weight excluding hydrogens is 340 g/mol. The van der Waals surface area contributed by atoms with Gasteiger partial charge in [-0.25, -0.2) is 14.6 Å². The molecule has 0 aromatic carbocycles. The molecule has 0 fully saturated rings. The molecule has 10 heteroatoms. The summed E-state index contributed by atoms with van der Waals surface area (Å²) in [6.07, 6.45) is 5.64. The highest BCUT2D eigenvalue weighted by Gasteiger charge is 2.28. The predicted molar refractivity (Wildman–Crippen MR) is 87.0 cm³/mol. The van der Waals surface area contributed by atoms with Gasteiger partial charge in [-0.2, -0.15) is 5.10 Å². The lowest BCUT2D eigenvalue weighted by atomic mass is 10.1. The van der Waals surface area contributed by atoms with E-state index in [4.69, 9.17) is 10.2 Å². The summed E-state index contributed by atoms with van der Waals surface area (Å²) in [5, 5.41) is 6.54. The summed E-state index contributed by atoms with van der Waals surface area (Å²) in [4.78, 5) is 43.8. The summed E-state index contributed by atoms with van der Waals surface area (Å²) in [5.41, 5.74) is 5.21. The van der Waals surface area contributed by atoms with Crippen LogP contribution >= 0.6 is 0 Å². The summed E-state index contributed by atoms with van der Waals surface area (Å²) < 4.78 is 6.46. The molecule has 3 heterocycles. The third kappa shape index (κ3) is 3.64. The topological polar surface area (TPSA) is 146 Å². The van der Waals surface area contributed by atoms with Crippen LogP contribution in [0.2, 0.25) is 0 Å². The molecule has 0 radical (unpaired) electrons. The number of nitrogens with zero attached hydrogens (tertiary/aromatic N) is 4. The van der Waals surface area contributed by atoms with E-state index < -0.39 is 23.6 Å². The van der Waals surface area contributed by atoms with Gasteiger partial charge in [-0.1, -0.05) is 0 Å². The molecule has 10 nitrogen and oxygen atoms in total. The Balaban J connectivity index is 1.83. The smallest absolute Gasteiger partial charge is 0.287 e. The molecule has 132 valence electrons. The zero-order chi connectivity index (χ0) is 18.5. The van der Waals surface area contributed by atoms with Crippen LogP contribution in [0.1, 0.15) is 16.2 Å². The van der Waals surface area contributed by atoms with Crippen molar-refractivity contribution in [3.63, 3.8) is 0 Å². The molecule has 1 atom stereocenters. The van der Waals surface area contributed by atoms with Gasteiger partial charge in [0.1, 0.15) is 23.8 Å². The molecule has 0 saturated carbocycles. The highest BCUT2D eigenvalue weighted by atomic mass is 16.3. The minimum absolute atomic E-state index is 0.0117. The molecule has 2 amide bonds. The summed E-state index contributed by atoms with van der Waals surface area (Å²) in [6.45, 7) is 0. The van der Waals surface area contributed by atoms with Crippen LogP contribution < -0.4 is 11.1 Å². The monoisotopic (exact) mass is 354 g/mol. The van der Waals surface area contributed by atoms with E-state index in [1.54, 1.807) is 18.2 Å². The minimum Gasteiger partial charge on any atom is -0.469 e. The van der Waals surface area contributed by atoms with Crippen LogP contribution in [0, 0.1) is 0 Å². The number of aromatic nitrogens is 4. The second-order valence-electron chi connectivity index (χ2n) is 5.23. The van der Waals surface area contributed by atoms with Crippen molar-refractivity contribution in [2.45, 2.75) is 12.5 Å². The lowest BCUT2D eigenvalue weighted by Gasteiger charge is -2.15. The summed E-state index contributed by atoms with van der Waals surface area (Å²) in [5.74, 6) is -1.89. The predicted octanol–water partition coefficient (Wildman–Crippen LogP) is -0.349. The average molecular weight is 354 g/mol. The molecule has 3 aromatic rings. The highest BCUT2D eigenvalue weighted by molar-refractivity contribution is 6.38. The largest absolute Gasteiger partial charge is 0.469 e. The number of hydrogen-bond donors (Lipinski definition) is 2. The molecule has 3 rings (SSSR count). The summed E-state index contributed by atoms with van der Waals surface area (Å²) in [7, 11) is 0. The van der Waals surface area contributed by atoms with Gasteiger partial charge in [0.2, 0.25) is 5.78 Å². The Morgan fingerprint density at radius 3 is 2.73 bits per heavy atom. The van der Waals surface area contributed by atoms with Crippen molar-refractivity contribution in [3.05, 3.63) is 60.7 Å². The van der Waals surface area contributed by atoms with Crippen molar-refractivity contribution >= 4 is 17.6 Å². The van der Waals surface area contributed by atoms with Crippen LogP contribution in [0.3, 0.4) is 0 Å². The Hall–Kier alpha value is -3.82. The van der Waals surface area contributed by atoms with Gasteiger partial charge in [-0.15, -0.1) is 0 Å². The average Bonchev–Trinajstić information content (AvgIpc) is 3.32. The lowest BCUT2D eigenvalue weighted by Crippen LogP contribution is -2.47. The number of carbonyl (C=O) groups excluding carboxylic acids is 3. The van der Waals surface area contributed by atoms with Crippen molar-refractivity contribution in [1.29, 1.82) is 0 Å². The number of ketones is 1. The molecule has 1 unspecified atom stereocenters. The zero-order valence-electron chi connectivity index (χ0n) is 13.4. The number of rotatable bonds is 7. The molecule has 0 aliphatic heterocycles. The third-order valence-corrected chi connectivity index (χ3v) is 3.51. The summed E-state index contributed by atoms with van der Waals surface area (Å²) >= 11 is 0. The number of hydrogen-bond acceptors (Lipinski definition) is 7. The van der Waals surface area contributed by atoms with Crippen molar-refractivity contribution < 1.29 is 18.8 Å². The molecule has 3 N–H and O–H groups in total. The number of nitrogens with one attached hydrogen (secondary N) is 1. The first-order valence-corrected chi connectivity index (χ1v) is 7.53. The first-order chi connectivity index (χ1) is 12.6. The number of carbonyl (C=O) groups is 3. The van der Waals surface area contributed by atoms with Crippen LogP contribution in [0.15, 0.2) is 53.7 Å². The SMILES string of the molecule is NC(=O)C(=O)C(Cc1ccco1)NC(=O)c1ccnn1-c1ccncn1. The van der Waals surface area contributed by atoms with Crippen molar-refractivity contribution in [2.24, 2.45) is 5.73 Å². The minimum atomic E-state index is -1.17. The molecule has 26 heavy (non-hydrogen) atoms. The lowest BCUT2D eigenvalue weighted by molar-refractivity contribution is -0.137. The van der Waals surface area contributed by atoms with Crippen LogP contribution in [-0.4, -0.2) is 43.4 Å². The Bertz CT molecular complexity index is 919. The van der Waals surface area contributed by atoms with E-state index in [0.29, 0.717) is 11.6 Å². The van der Waals surface area contributed by atoms with Gasteiger partial charge < -0.3 is 15.5 Å². The van der Waals surface area contributed by atoms with E-state index in [9.17, 15) is 14.4 Å². The first-order valence-electron chi connectivity index (χ1n) is 7.53. The fraction of sp³-hybridized carbons (Fsp3) is 0.125. The fourth-order valence-electron chi connectivity index (χ4n) is 2.31. The molecule has 0 bridgehead atoms. The van der Waals surface area contributed by atoms with Gasteiger partial charge in [0, 0.05) is 18.7 Å². The summed E-state index contributed by atoms with van der Waals surface area (Å²) in [6, 6.07) is 5.11. The molecule has 0 aliphatic carbocycles. The van der Waals surface area contributed by atoms with Crippen LogP contribution in [0.25, 0.3) is 5.82 Å². The number of Topliss-reactive ketones (excluding diaryl/α,β-unsaturated/α-hetero) is 1. The van der Waals surface area contributed by atoms with E-state index in [2.05, 4.69) is 20.4 Å². The second kappa shape index (κ2) is 7.38. The highest BCUT2D eigenvalue weighted by Crippen LogP contribution is 2.09. The van der Waals surface area contributed by atoms with Gasteiger partial charge in [0.25, 0.3) is 11.8 Å². The zero-order valence-corrected chi connectivity index (χ0v) is 13.4. The fourth-order valence-corrected chi connectivity index (χ4v) is 2.31. The van der Waals surface area contributed by atoms with Crippen molar-refractivity contribution in [1.82, 2.24) is 25.1 Å². The van der Waals surface area contributed by atoms with Gasteiger partial charge in [0.15, 0.2) is 5.82 Å². The normalized spacial score (nSPS) is 11.7. The maximum Gasteiger partial charge on any atom is 0.287 e. The van der Waals surface area contributed by atoms with E-state index in [1.165, 1.54) is 35.7 Å². The second-order valence-corrected chi connectivity index (χ2v) is 5.23. The Labute approximate surface area is 147 Å². The Morgan fingerprint density at radius 2 is 2.08 bits per heavy atom. The number of amides is 2. The maximum absolute atomic E-state index is 12.6. The van der Waals surface area contributed by atoms with Crippen LogP contribution in [0.4, 0.5) is 0 Å². The van der Waals surface area contributed by atoms with Gasteiger partial charge in [-0.3, -0.25) is 14.4 Å². The van der Waals surface area contributed by atoms with Gasteiger partial charge in [0.05, 0.1) is 12.5 Å². The molecule has 0 aliphatic rings. The molecular formula is C16H14N6O4. The van der Waals surface area contributed by atoms with E-state index in [-0.39, 0.29) is 12.1 Å². The quantitative estimate of drug-likeness (QED) is 0.551. The Kier molecular flexibility index (Phi) is 4.83. The third-order valence-electron chi connectivity index (χ3n) is 3.51. The van der Waals surface area contributed by atoms with E-state index >= 15 is 0 Å². The maximum atomic E-state index is 12.6. The van der Waals surface area contributed by atoms with Crippen molar-refractivity contribution in [2.75, 3.05) is 0 Å². The van der Waals surface area contributed by atoms with Crippen LogP contribution in [-0.2, 0) is 16.0 Å². The standard InChI is InChI=1S/C16H14N6O4/c17-15(24)14(23)11(8-10-2-1-7-26-10)21-16(25)12-3-6-20-22(12)13-4-5-18-9-19-13/h1-7,9,11H,8H2,(H2,17,24)(H,21,25). The van der Waals surface area contributed by atoms with E-state index in [1.807, 2.05) is 0 Å². The van der Waals surface area contributed by atoms with Crippen LogP contribution in [0.5, 0.6) is 0 Å². The molecule has 0 saturated heterocycles. The number of primary amides is 1. The van der Waals surface area contributed by atoms with Gasteiger partial charge in [-0.05, 0) is 18.2 Å².